The molecular weight excluding hydrogens is 244 g/mol. The summed E-state index contributed by atoms with van der Waals surface area (Å²) in [5.74, 6) is 1.37. The Bertz CT molecular complexity index is 390. The molecule has 1 aromatic rings. The van der Waals surface area contributed by atoms with Crippen LogP contribution in [0.2, 0.25) is 0 Å². The lowest BCUT2D eigenvalue weighted by Crippen LogP contribution is -2.51. The van der Waals surface area contributed by atoms with Gasteiger partial charge >= 0.3 is 0 Å². The summed E-state index contributed by atoms with van der Waals surface area (Å²) in [6.45, 7) is 9.07. The van der Waals surface area contributed by atoms with Crippen LogP contribution in [0.5, 0.6) is 0 Å². The minimum Gasteiger partial charge on any atom is -0.329 e. The van der Waals surface area contributed by atoms with Crippen LogP contribution < -0.4 is 5.73 Å². The first-order valence-corrected chi connectivity index (χ1v) is 8.14. The highest BCUT2D eigenvalue weighted by Gasteiger charge is 2.30. The molecular formula is C18H30N2. The van der Waals surface area contributed by atoms with Gasteiger partial charge < -0.3 is 5.73 Å². The Balaban J connectivity index is 2.01. The third kappa shape index (κ3) is 3.62. The highest BCUT2D eigenvalue weighted by molar-refractivity contribution is 5.19. The van der Waals surface area contributed by atoms with Crippen molar-refractivity contribution in [2.45, 2.75) is 58.0 Å². The van der Waals surface area contributed by atoms with Gasteiger partial charge in [-0.2, -0.15) is 0 Å². The molecule has 0 aliphatic carbocycles. The Morgan fingerprint density at radius 2 is 1.95 bits per heavy atom. The summed E-state index contributed by atoms with van der Waals surface area (Å²) >= 11 is 0. The second-order valence-corrected chi connectivity index (χ2v) is 6.53. The van der Waals surface area contributed by atoms with Gasteiger partial charge in [0.15, 0.2) is 0 Å². The number of benzene rings is 1. The van der Waals surface area contributed by atoms with Gasteiger partial charge in [-0.1, -0.05) is 44.2 Å². The number of hydrogen-bond acceptors (Lipinski definition) is 2. The molecule has 1 aromatic carbocycles. The van der Waals surface area contributed by atoms with Crippen molar-refractivity contribution >= 4 is 0 Å². The van der Waals surface area contributed by atoms with Crippen molar-refractivity contribution in [3.05, 3.63) is 35.9 Å². The van der Waals surface area contributed by atoms with Crippen LogP contribution in [0, 0.1) is 5.92 Å². The first-order chi connectivity index (χ1) is 9.63. The Labute approximate surface area is 124 Å². The predicted molar refractivity (Wildman–Crippen MR) is 86.9 cm³/mol. The lowest BCUT2D eigenvalue weighted by Gasteiger charge is -2.43. The van der Waals surface area contributed by atoms with Crippen molar-refractivity contribution in [2.75, 3.05) is 13.1 Å². The smallest absolute Gasteiger partial charge is 0.0227 e. The van der Waals surface area contributed by atoms with E-state index in [0.717, 1.165) is 18.9 Å². The van der Waals surface area contributed by atoms with Gasteiger partial charge in [0.25, 0.3) is 0 Å². The lowest BCUT2D eigenvalue weighted by molar-refractivity contribution is 0.0648. The summed E-state index contributed by atoms with van der Waals surface area (Å²) in [6.07, 6.45) is 3.85. The summed E-state index contributed by atoms with van der Waals surface area (Å²) in [5.41, 5.74) is 7.53. The minimum absolute atomic E-state index is 0.517. The maximum Gasteiger partial charge on any atom is 0.0227 e. The van der Waals surface area contributed by atoms with Crippen molar-refractivity contribution in [3.8, 4) is 0 Å². The van der Waals surface area contributed by atoms with E-state index in [0.29, 0.717) is 18.0 Å². The first-order valence-electron chi connectivity index (χ1n) is 8.14. The Kier molecular flexibility index (Phi) is 5.62. The normalized spacial score (nSPS) is 27.2. The summed E-state index contributed by atoms with van der Waals surface area (Å²) in [6, 6.07) is 12.0. The van der Waals surface area contributed by atoms with E-state index in [1.165, 1.54) is 24.9 Å². The molecule has 4 unspecified atom stereocenters. The van der Waals surface area contributed by atoms with Crippen molar-refractivity contribution in [2.24, 2.45) is 11.7 Å². The molecule has 1 aliphatic rings. The van der Waals surface area contributed by atoms with Crippen LogP contribution in [0.15, 0.2) is 30.3 Å². The molecule has 2 rings (SSSR count). The SMILES string of the molecule is CC(CC(CN)N1CCCC(C)C1C)c1ccccc1. The fourth-order valence-corrected chi connectivity index (χ4v) is 3.58. The van der Waals surface area contributed by atoms with Crippen molar-refractivity contribution < 1.29 is 0 Å². The highest BCUT2D eigenvalue weighted by atomic mass is 15.2. The van der Waals surface area contributed by atoms with E-state index < -0.39 is 0 Å². The zero-order valence-corrected chi connectivity index (χ0v) is 13.3. The zero-order valence-electron chi connectivity index (χ0n) is 13.3. The monoisotopic (exact) mass is 274 g/mol. The molecule has 0 radical (unpaired) electrons. The molecule has 20 heavy (non-hydrogen) atoms. The number of likely N-dealkylation sites (tertiary alicyclic amines) is 1. The molecule has 0 spiro atoms. The number of piperidine rings is 1. The first kappa shape index (κ1) is 15.5. The largest absolute Gasteiger partial charge is 0.329 e. The van der Waals surface area contributed by atoms with Gasteiger partial charge in [0.05, 0.1) is 0 Å². The van der Waals surface area contributed by atoms with Gasteiger partial charge in [0.2, 0.25) is 0 Å². The number of hydrogen-bond donors (Lipinski definition) is 1. The number of rotatable bonds is 5. The maximum atomic E-state index is 6.10. The topological polar surface area (TPSA) is 29.3 Å². The minimum atomic E-state index is 0.517. The van der Waals surface area contributed by atoms with Crippen molar-refractivity contribution in [1.29, 1.82) is 0 Å². The Morgan fingerprint density at radius 1 is 1.25 bits per heavy atom. The van der Waals surface area contributed by atoms with Crippen LogP contribution in [0.1, 0.15) is 51.5 Å². The predicted octanol–water partition coefficient (Wildman–Crippen LogP) is 3.63. The molecule has 2 N–H and O–H groups in total. The van der Waals surface area contributed by atoms with Crippen LogP contribution in [-0.2, 0) is 0 Å². The van der Waals surface area contributed by atoms with Gasteiger partial charge in [-0.05, 0) is 50.1 Å². The van der Waals surface area contributed by atoms with Gasteiger partial charge in [-0.3, -0.25) is 4.90 Å². The lowest BCUT2D eigenvalue weighted by atomic mass is 9.87. The second-order valence-electron chi connectivity index (χ2n) is 6.53. The summed E-state index contributed by atoms with van der Waals surface area (Å²) in [5, 5.41) is 0. The summed E-state index contributed by atoms with van der Waals surface area (Å²) in [4.78, 5) is 2.66. The van der Waals surface area contributed by atoms with E-state index in [1.54, 1.807) is 0 Å². The van der Waals surface area contributed by atoms with E-state index in [-0.39, 0.29) is 0 Å². The molecule has 0 saturated carbocycles. The van der Waals surface area contributed by atoms with E-state index in [1.807, 2.05) is 0 Å². The van der Waals surface area contributed by atoms with Crippen LogP contribution >= 0.6 is 0 Å². The fraction of sp³-hybridized carbons (Fsp3) is 0.667. The van der Waals surface area contributed by atoms with Crippen LogP contribution in [-0.4, -0.2) is 30.1 Å². The number of nitrogens with zero attached hydrogens (tertiary/aromatic N) is 1. The third-order valence-corrected chi connectivity index (χ3v) is 5.16. The Hall–Kier alpha value is -0.860. The fourth-order valence-electron chi connectivity index (χ4n) is 3.58. The highest BCUT2D eigenvalue weighted by Crippen LogP contribution is 2.29. The van der Waals surface area contributed by atoms with Crippen LogP contribution in [0.3, 0.4) is 0 Å². The molecule has 1 heterocycles. The van der Waals surface area contributed by atoms with Gasteiger partial charge in [0, 0.05) is 18.6 Å². The molecule has 2 heteroatoms. The molecule has 2 nitrogen and oxygen atoms in total. The third-order valence-electron chi connectivity index (χ3n) is 5.16. The van der Waals surface area contributed by atoms with Crippen molar-refractivity contribution in [1.82, 2.24) is 4.90 Å². The van der Waals surface area contributed by atoms with E-state index in [4.69, 9.17) is 5.73 Å². The molecule has 0 aromatic heterocycles. The van der Waals surface area contributed by atoms with Gasteiger partial charge in [-0.15, -0.1) is 0 Å². The van der Waals surface area contributed by atoms with Crippen LogP contribution in [0.25, 0.3) is 0 Å². The van der Waals surface area contributed by atoms with Gasteiger partial charge in [0.1, 0.15) is 0 Å². The van der Waals surface area contributed by atoms with E-state index in [9.17, 15) is 0 Å². The summed E-state index contributed by atoms with van der Waals surface area (Å²) < 4.78 is 0. The molecule has 1 saturated heterocycles. The van der Waals surface area contributed by atoms with Crippen LogP contribution in [0.4, 0.5) is 0 Å². The molecule has 0 bridgehead atoms. The second kappa shape index (κ2) is 7.24. The Morgan fingerprint density at radius 3 is 2.60 bits per heavy atom. The maximum absolute atomic E-state index is 6.10. The molecule has 1 aliphatic heterocycles. The quantitative estimate of drug-likeness (QED) is 0.888. The van der Waals surface area contributed by atoms with Crippen molar-refractivity contribution in [3.63, 3.8) is 0 Å². The van der Waals surface area contributed by atoms with E-state index >= 15 is 0 Å². The van der Waals surface area contributed by atoms with E-state index in [2.05, 4.69) is 56.0 Å². The standard InChI is InChI=1S/C18H30N2/c1-14-8-7-11-20(16(14)3)18(13-19)12-15(2)17-9-5-4-6-10-17/h4-6,9-10,14-16,18H,7-8,11-13,19H2,1-3H3. The molecule has 4 atom stereocenters. The average molecular weight is 274 g/mol. The molecule has 1 fully saturated rings. The van der Waals surface area contributed by atoms with Gasteiger partial charge in [-0.25, -0.2) is 0 Å². The molecule has 112 valence electrons. The summed E-state index contributed by atoms with van der Waals surface area (Å²) in [7, 11) is 0. The molecule has 0 amide bonds. The number of nitrogens with two attached hydrogens (primary N) is 1. The zero-order chi connectivity index (χ0) is 14.5. The average Bonchev–Trinajstić information content (AvgIpc) is 2.48.